The van der Waals surface area contributed by atoms with E-state index in [9.17, 15) is 27.7 Å². The van der Waals surface area contributed by atoms with E-state index in [2.05, 4.69) is 0 Å². The van der Waals surface area contributed by atoms with Crippen LogP contribution in [0.25, 0.3) is 0 Å². The van der Waals surface area contributed by atoms with Crippen LogP contribution in [0, 0.1) is 15.9 Å². The SMILES string of the molecule is NS(=O)(=O)c1ccc(F)c(C(=O)OCc2cccc([N+](=O)[O-])c2)c1. The number of hydrogen-bond donors (Lipinski definition) is 1. The number of hydrogen-bond acceptors (Lipinski definition) is 6. The van der Waals surface area contributed by atoms with Gasteiger partial charge < -0.3 is 4.74 Å². The molecule has 2 N–H and O–H groups in total. The van der Waals surface area contributed by atoms with E-state index in [1.165, 1.54) is 24.3 Å². The van der Waals surface area contributed by atoms with Gasteiger partial charge in [-0.2, -0.15) is 0 Å². The summed E-state index contributed by atoms with van der Waals surface area (Å²) in [5.74, 6) is -2.10. The maximum absolute atomic E-state index is 13.7. The third-order valence-electron chi connectivity index (χ3n) is 2.98. The van der Waals surface area contributed by atoms with E-state index in [1.807, 2.05) is 0 Å². The molecule has 10 heteroatoms. The van der Waals surface area contributed by atoms with Gasteiger partial charge in [-0.15, -0.1) is 0 Å². The lowest BCUT2D eigenvalue weighted by molar-refractivity contribution is -0.384. The predicted octanol–water partition coefficient (Wildman–Crippen LogP) is 1.74. The van der Waals surface area contributed by atoms with Gasteiger partial charge in [0.2, 0.25) is 10.0 Å². The molecule has 8 nitrogen and oxygen atoms in total. The molecule has 0 aliphatic carbocycles. The minimum Gasteiger partial charge on any atom is -0.457 e. The van der Waals surface area contributed by atoms with Crippen LogP contribution in [0.15, 0.2) is 47.4 Å². The van der Waals surface area contributed by atoms with Crippen LogP contribution < -0.4 is 5.14 Å². The molecule has 126 valence electrons. The van der Waals surface area contributed by atoms with Crippen LogP contribution in [0.5, 0.6) is 0 Å². The molecule has 0 spiro atoms. The van der Waals surface area contributed by atoms with E-state index in [0.29, 0.717) is 5.56 Å². The van der Waals surface area contributed by atoms with E-state index in [-0.39, 0.29) is 12.3 Å². The summed E-state index contributed by atoms with van der Waals surface area (Å²) in [4.78, 5) is 21.5. The first-order valence-electron chi connectivity index (χ1n) is 6.41. The lowest BCUT2D eigenvalue weighted by Gasteiger charge is -2.07. The van der Waals surface area contributed by atoms with Crippen molar-refractivity contribution < 1.29 is 27.3 Å². The molecule has 0 saturated carbocycles. The van der Waals surface area contributed by atoms with E-state index >= 15 is 0 Å². The molecule has 0 bridgehead atoms. The molecule has 0 amide bonds. The highest BCUT2D eigenvalue weighted by molar-refractivity contribution is 7.89. The van der Waals surface area contributed by atoms with Gasteiger partial charge in [0.25, 0.3) is 5.69 Å². The topological polar surface area (TPSA) is 130 Å². The molecular weight excluding hydrogens is 343 g/mol. The highest BCUT2D eigenvalue weighted by atomic mass is 32.2. The molecule has 0 atom stereocenters. The minimum absolute atomic E-state index is 0.189. The Kier molecular flexibility index (Phi) is 4.90. The van der Waals surface area contributed by atoms with Crippen LogP contribution >= 0.6 is 0 Å². The summed E-state index contributed by atoms with van der Waals surface area (Å²) in [7, 11) is -4.11. The molecule has 0 radical (unpaired) electrons. The fraction of sp³-hybridized carbons (Fsp3) is 0.0714. The smallest absolute Gasteiger partial charge is 0.341 e. The van der Waals surface area contributed by atoms with Crippen molar-refractivity contribution in [3.8, 4) is 0 Å². The number of carbonyl (C=O) groups is 1. The average molecular weight is 354 g/mol. The maximum Gasteiger partial charge on any atom is 0.341 e. The Morgan fingerprint density at radius 3 is 2.58 bits per heavy atom. The number of rotatable bonds is 5. The monoisotopic (exact) mass is 354 g/mol. The second-order valence-electron chi connectivity index (χ2n) is 4.69. The second-order valence-corrected chi connectivity index (χ2v) is 6.25. The fourth-order valence-corrected chi connectivity index (χ4v) is 2.36. The standard InChI is InChI=1S/C14H11FN2O6S/c15-13-5-4-11(24(16,21)22)7-12(13)14(18)23-8-9-2-1-3-10(6-9)17(19)20/h1-7H,8H2,(H2,16,21,22). The average Bonchev–Trinajstić information content (AvgIpc) is 2.52. The van der Waals surface area contributed by atoms with Gasteiger partial charge in [-0.25, -0.2) is 22.7 Å². The Labute approximate surface area is 135 Å². The summed E-state index contributed by atoms with van der Waals surface area (Å²) in [5.41, 5.74) is -0.474. The van der Waals surface area contributed by atoms with Gasteiger partial charge in [-0.05, 0) is 23.8 Å². The van der Waals surface area contributed by atoms with Gasteiger partial charge in [-0.1, -0.05) is 12.1 Å². The number of primary sulfonamides is 1. The Morgan fingerprint density at radius 1 is 1.25 bits per heavy atom. The van der Waals surface area contributed by atoms with Crippen molar-refractivity contribution in [1.82, 2.24) is 0 Å². The largest absolute Gasteiger partial charge is 0.457 e. The summed E-state index contributed by atoms with van der Waals surface area (Å²) < 4.78 is 41.0. The van der Waals surface area contributed by atoms with Crippen LogP contribution in [0.4, 0.5) is 10.1 Å². The summed E-state index contributed by atoms with van der Waals surface area (Å²) in [6.07, 6.45) is 0. The lowest BCUT2D eigenvalue weighted by atomic mass is 10.2. The first-order valence-corrected chi connectivity index (χ1v) is 7.96. The Morgan fingerprint density at radius 2 is 1.96 bits per heavy atom. The maximum atomic E-state index is 13.7. The van der Waals surface area contributed by atoms with Crippen LogP contribution in [0.3, 0.4) is 0 Å². The fourth-order valence-electron chi connectivity index (χ4n) is 1.82. The summed E-state index contributed by atoms with van der Waals surface area (Å²) in [5, 5.41) is 15.6. The first-order chi connectivity index (χ1) is 11.2. The summed E-state index contributed by atoms with van der Waals surface area (Å²) >= 11 is 0. The number of benzene rings is 2. The molecular formula is C14H11FN2O6S. The molecule has 0 fully saturated rings. The zero-order chi connectivity index (χ0) is 17.9. The van der Waals surface area contributed by atoms with Crippen LogP contribution in [0.1, 0.15) is 15.9 Å². The highest BCUT2D eigenvalue weighted by Crippen LogP contribution is 2.17. The third kappa shape index (κ3) is 4.12. The summed E-state index contributed by atoms with van der Waals surface area (Å²) in [6.45, 7) is -0.348. The van der Waals surface area contributed by atoms with E-state index in [0.717, 1.165) is 18.2 Å². The van der Waals surface area contributed by atoms with Gasteiger partial charge in [0.15, 0.2) is 0 Å². The number of halogens is 1. The van der Waals surface area contributed by atoms with Crippen LogP contribution in [-0.2, 0) is 21.4 Å². The number of nitrogens with zero attached hydrogens (tertiary/aromatic N) is 1. The van der Waals surface area contributed by atoms with E-state index in [1.54, 1.807) is 0 Å². The highest BCUT2D eigenvalue weighted by Gasteiger charge is 2.18. The number of nitro groups is 1. The van der Waals surface area contributed by atoms with Crippen molar-refractivity contribution in [1.29, 1.82) is 0 Å². The van der Waals surface area contributed by atoms with Crippen molar-refractivity contribution in [2.24, 2.45) is 5.14 Å². The molecule has 0 saturated heterocycles. The van der Waals surface area contributed by atoms with Gasteiger partial charge in [0, 0.05) is 12.1 Å². The normalized spacial score (nSPS) is 11.1. The molecule has 24 heavy (non-hydrogen) atoms. The Balaban J connectivity index is 2.19. The minimum atomic E-state index is -4.11. The number of non-ortho nitro benzene ring substituents is 1. The molecule has 0 heterocycles. The van der Waals surface area contributed by atoms with Crippen molar-refractivity contribution >= 4 is 21.7 Å². The molecule has 0 aliphatic heterocycles. The molecule has 2 aromatic rings. The predicted molar refractivity (Wildman–Crippen MR) is 80.0 cm³/mol. The third-order valence-corrected chi connectivity index (χ3v) is 3.89. The molecule has 0 unspecified atom stereocenters. The number of ether oxygens (including phenoxy) is 1. The van der Waals surface area contributed by atoms with Gasteiger partial charge >= 0.3 is 5.97 Å². The van der Waals surface area contributed by atoms with E-state index in [4.69, 9.17) is 9.88 Å². The van der Waals surface area contributed by atoms with Crippen LogP contribution in [-0.4, -0.2) is 19.3 Å². The number of esters is 1. The van der Waals surface area contributed by atoms with Gasteiger partial charge in [0.05, 0.1) is 15.4 Å². The number of carbonyl (C=O) groups excluding carboxylic acids is 1. The number of nitro benzene ring substituents is 1. The number of sulfonamides is 1. The van der Waals surface area contributed by atoms with E-state index < -0.39 is 37.2 Å². The Hall–Kier alpha value is -2.85. The zero-order valence-electron chi connectivity index (χ0n) is 12.0. The van der Waals surface area contributed by atoms with Crippen molar-refractivity contribution in [2.45, 2.75) is 11.5 Å². The van der Waals surface area contributed by atoms with Gasteiger partial charge in [-0.3, -0.25) is 10.1 Å². The quantitative estimate of drug-likeness (QED) is 0.494. The number of nitrogens with two attached hydrogens (primary N) is 1. The van der Waals surface area contributed by atoms with Crippen LogP contribution in [0.2, 0.25) is 0 Å². The van der Waals surface area contributed by atoms with Crippen molar-refractivity contribution in [2.75, 3.05) is 0 Å². The summed E-state index contributed by atoms with van der Waals surface area (Å²) in [6, 6.07) is 7.82. The molecule has 0 aromatic heterocycles. The van der Waals surface area contributed by atoms with Crippen molar-refractivity contribution in [3.63, 3.8) is 0 Å². The zero-order valence-corrected chi connectivity index (χ0v) is 12.8. The molecule has 0 aliphatic rings. The second kappa shape index (κ2) is 6.72. The first kappa shape index (κ1) is 17.5. The molecule has 2 aromatic carbocycles. The van der Waals surface area contributed by atoms with Crippen molar-refractivity contribution in [3.05, 3.63) is 69.5 Å². The van der Waals surface area contributed by atoms with Gasteiger partial charge in [0.1, 0.15) is 12.4 Å². The molecule has 2 rings (SSSR count). The Bertz CT molecular complexity index is 913. The lowest BCUT2D eigenvalue weighted by Crippen LogP contribution is -2.14.